The molecule has 4 heterocycles. The zero-order valence-corrected chi connectivity index (χ0v) is 18.2. The van der Waals surface area contributed by atoms with Gasteiger partial charge >= 0.3 is 0 Å². The van der Waals surface area contributed by atoms with E-state index in [4.69, 9.17) is 0 Å². The molecule has 1 aliphatic heterocycles. The monoisotopic (exact) mass is 460 g/mol. The highest BCUT2D eigenvalue weighted by molar-refractivity contribution is 5.76. The number of anilines is 1. The number of amides is 1. The van der Waals surface area contributed by atoms with Crippen molar-refractivity contribution in [1.82, 2.24) is 34.4 Å². The first-order chi connectivity index (χ1) is 16.6. The summed E-state index contributed by atoms with van der Waals surface area (Å²) in [7, 11) is 0. The molecule has 3 aromatic heterocycles. The van der Waals surface area contributed by atoms with E-state index in [1.807, 2.05) is 12.1 Å². The van der Waals surface area contributed by atoms with Gasteiger partial charge in [-0.15, -0.1) is 10.2 Å². The van der Waals surface area contributed by atoms with Crippen molar-refractivity contribution in [2.75, 3.05) is 31.1 Å². The lowest BCUT2D eigenvalue weighted by molar-refractivity contribution is -0.132. The molecule has 5 rings (SSSR count). The average Bonchev–Trinajstić information content (AvgIpc) is 3.41. The Labute approximate surface area is 193 Å². The summed E-state index contributed by atoms with van der Waals surface area (Å²) < 4.78 is 16.1. The minimum Gasteiger partial charge on any atom is -0.352 e. The van der Waals surface area contributed by atoms with Gasteiger partial charge in [-0.05, 0) is 42.5 Å². The first-order valence-electron chi connectivity index (χ1n) is 10.8. The van der Waals surface area contributed by atoms with Crippen molar-refractivity contribution in [2.45, 2.75) is 6.54 Å². The number of hydrogen-bond donors (Lipinski definition) is 0. The van der Waals surface area contributed by atoms with Gasteiger partial charge in [-0.2, -0.15) is 5.10 Å². The van der Waals surface area contributed by atoms with Crippen LogP contribution in [0.15, 0.2) is 72.0 Å². The fourth-order valence-corrected chi connectivity index (χ4v) is 3.77. The van der Waals surface area contributed by atoms with E-state index in [0.29, 0.717) is 43.3 Å². The SMILES string of the molecule is O=C(Cn1nc(-c2ccc(F)cc2)ccc1=O)N1CCN(c2ccc(-n3ccnc3)nn2)CC1. The molecule has 11 heteroatoms. The maximum atomic E-state index is 13.2. The maximum absolute atomic E-state index is 13.2. The van der Waals surface area contributed by atoms with Crippen LogP contribution in [-0.4, -0.2) is 66.5 Å². The summed E-state index contributed by atoms with van der Waals surface area (Å²) in [6.45, 7) is 2.03. The smallest absolute Gasteiger partial charge is 0.267 e. The molecule has 0 spiro atoms. The van der Waals surface area contributed by atoms with E-state index in [1.165, 1.54) is 18.2 Å². The van der Waals surface area contributed by atoms with Crippen LogP contribution < -0.4 is 10.5 Å². The highest BCUT2D eigenvalue weighted by atomic mass is 19.1. The van der Waals surface area contributed by atoms with Crippen molar-refractivity contribution in [1.29, 1.82) is 0 Å². The lowest BCUT2D eigenvalue weighted by Gasteiger charge is -2.35. The van der Waals surface area contributed by atoms with Gasteiger partial charge in [0.25, 0.3) is 5.56 Å². The summed E-state index contributed by atoms with van der Waals surface area (Å²) in [4.78, 5) is 32.9. The Bertz CT molecular complexity index is 1330. The Morgan fingerprint density at radius 2 is 1.65 bits per heavy atom. The summed E-state index contributed by atoms with van der Waals surface area (Å²) >= 11 is 0. The highest BCUT2D eigenvalue weighted by Crippen LogP contribution is 2.16. The predicted molar refractivity (Wildman–Crippen MR) is 122 cm³/mol. The lowest BCUT2D eigenvalue weighted by atomic mass is 10.1. The second kappa shape index (κ2) is 9.22. The lowest BCUT2D eigenvalue weighted by Crippen LogP contribution is -2.50. The molecular weight excluding hydrogens is 439 g/mol. The van der Waals surface area contributed by atoms with Gasteiger partial charge in [0.15, 0.2) is 11.6 Å². The maximum Gasteiger partial charge on any atom is 0.267 e. The summed E-state index contributed by atoms with van der Waals surface area (Å²) in [5.41, 5.74) is 0.789. The van der Waals surface area contributed by atoms with E-state index in [-0.39, 0.29) is 23.8 Å². The van der Waals surface area contributed by atoms with Crippen molar-refractivity contribution in [2.24, 2.45) is 0 Å². The first kappa shape index (κ1) is 21.4. The number of benzene rings is 1. The van der Waals surface area contributed by atoms with Gasteiger partial charge in [-0.25, -0.2) is 14.1 Å². The summed E-state index contributed by atoms with van der Waals surface area (Å²) in [5.74, 6) is 0.871. The van der Waals surface area contributed by atoms with E-state index >= 15 is 0 Å². The average molecular weight is 460 g/mol. The Morgan fingerprint density at radius 3 is 2.32 bits per heavy atom. The van der Waals surface area contributed by atoms with E-state index < -0.39 is 0 Å². The number of carbonyl (C=O) groups is 1. The number of hydrogen-bond acceptors (Lipinski definition) is 7. The molecule has 1 saturated heterocycles. The molecule has 172 valence electrons. The summed E-state index contributed by atoms with van der Waals surface area (Å²) in [6.07, 6.45) is 5.13. The number of rotatable bonds is 5. The van der Waals surface area contributed by atoms with Crippen molar-refractivity contribution in [3.8, 4) is 17.1 Å². The van der Waals surface area contributed by atoms with Crippen LogP contribution in [0.4, 0.5) is 10.2 Å². The van der Waals surface area contributed by atoms with Gasteiger partial charge in [0.05, 0.1) is 5.69 Å². The molecule has 0 atom stereocenters. The molecule has 0 bridgehead atoms. The number of imidazole rings is 1. The highest BCUT2D eigenvalue weighted by Gasteiger charge is 2.23. The fraction of sp³-hybridized carbons (Fsp3) is 0.217. The number of aromatic nitrogens is 6. The van der Waals surface area contributed by atoms with Gasteiger partial charge < -0.3 is 9.80 Å². The molecule has 34 heavy (non-hydrogen) atoms. The van der Waals surface area contributed by atoms with E-state index in [1.54, 1.807) is 46.4 Å². The second-order valence-electron chi connectivity index (χ2n) is 7.81. The van der Waals surface area contributed by atoms with Crippen LogP contribution in [0.25, 0.3) is 17.1 Å². The zero-order chi connectivity index (χ0) is 23.5. The third-order valence-electron chi connectivity index (χ3n) is 5.65. The van der Waals surface area contributed by atoms with Gasteiger partial charge in [0.1, 0.15) is 18.7 Å². The van der Waals surface area contributed by atoms with Crippen molar-refractivity contribution in [3.05, 3.63) is 83.4 Å². The molecule has 1 fully saturated rings. The molecular formula is C23H21FN8O2. The molecule has 0 radical (unpaired) electrons. The van der Waals surface area contributed by atoms with Gasteiger partial charge in [0.2, 0.25) is 5.91 Å². The minimum atomic E-state index is -0.369. The van der Waals surface area contributed by atoms with Crippen molar-refractivity contribution < 1.29 is 9.18 Å². The number of nitrogens with zero attached hydrogens (tertiary/aromatic N) is 8. The number of carbonyl (C=O) groups excluding carboxylic acids is 1. The van der Waals surface area contributed by atoms with E-state index in [9.17, 15) is 14.0 Å². The van der Waals surface area contributed by atoms with E-state index in [2.05, 4.69) is 25.2 Å². The number of halogens is 1. The molecule has 0 aliphatic carbocycles. The Kier molecular flexibility index (Phi) is 5.81. The van der Waals surface area contributed by atoms with Crippen LogP contribution >= 0.6 is 0 Å². The molecule has 0 saturated carbocycles. The molecule has 1 amide bonds. The van der Waals surface area contributed by atoms with Crippen molar-refractivity contribution >= 4 is 11.7 Å². The van der Waals surface area contributed by atoms with E-state index in [0.717, 1.165) is 10.5 Å². The summed E-state index contributed by atoms with van der Waals surface area (Å²) in [5, 5.41) is 12.8. The Hall–Kier alpha value is -4.41. The topological polar surface area (TPSA) is 102 Å². The fourth-order valence-electron chi connectivity index (χ4n) is 3.77. The molecule has 0 unspecified atom stereocenters. The largest absolute Gasteiger partial charge is 0.352 e. The molecule has 0 N–H and O–H groups in total. The molecule has 4 aromatic rings. The predicted octanol–water partition coefficient (Wildman–Crippen LogP) is 1.37. The minimum absolute atomic E-state index is 0.159. The van der Waals surface area contributed by atoms with Crippen molar-refractivity contribution in [3.63, 3.8) is 0 Å². The van der Waals surface area contributed by atoms with Crippen LogP contribution in [0.5, 0.6) is 0 Å². The standard InChI is InChI=1S/C23H21FN8O2/c24-18-3-1-17(2-4-18)19-5-8-22(33)32(28-19)15-23(34)30-13-11-29(12-14-30)20-6-7-21(27-26-20)31-10-9-25-16-31/h1-10,16H,11-15H2. The molecule has 1 aliphatic rings. The van der Waals surface area contributed by atoms with Gasteiger partial charge in [0, 0.05) is 50.2 Å². The first-order valence-corrected chi connectivity index (χ1v) is 10.8. The van der Waals surface area contributed by atoms with Crippen LogP contribution in [0.1, 0.15) is 0 Å². The summed E-state index contributed by atoms with van der Waals surface area (Å²) in [6, 6.07) is 12.5. The third-order valence-corrected chi connectivity index (χ3v) is 5.65. The van der Waals surface area contributed by atoms with Crippen LogP contribution in [0.3, 0.4) is 0 Å². The van der Waals surface area contributed by atoms with Crippen LogP contribution in [0.2, 0.25) is 0 Å². The van der Waals surface area contributed by atoms with Gasteiger partial charge in [-0.1, -0.05) is 0 Å². The number of piperazine rings is 1. The Morgan fingerprint density at radius 1 is 0.912 bits per heavy atom. The molecule has 1 aromatic carbocycles. The zero-order valence-electron chi connectivity index (χ0n) is 18.2. The Balaban J connectivity index is 1.21. The van der Waals surface area contributed by atoms with Crippen LogP contribution in [-0.2, 0) is 11.3 Å². The van der Waals surface area contributed by atoms with Gasteiger partial charge in [-0.3, -0.25) is 14.2 Å². The third kappa shape index (κ3) is 4.53. The molecule has 10 nitrogen and oxygen atoms in total. The quantitative estimate of drug-likeness (QED) is 0.443. The van der Waals surface area contributed by atoms with Crippen LogP contribution in [0, 0.1) is 5.82 Å². The second-order valence-corrected chi connectivity index (χ2v) is 7.81. The normalized spacial score (nSPS) is 13.8.